The van der Waals surface area contributed by atoms with Crippen LogP contribution in [0.15, 0.2) is 30.3 Å². The predicted octanol–water partition coefficient (Wildman–Crippen LogP) is 2.57. The molecular formula is C10H12OS. The van der Waals surface area contributed by atoms with Crippen LogP contribution in [0.5, 0.6) is 5.75 Å². The Labute approximate surface area is 77.1 Å². The molecule has 1 atom stereocenters. The molecule has 12 heavy (non-hydrogen) atoms. The maximum absolute atomic E-state index is 5.75. The fourth-order valence-electron chi connectivity index (χ4n) is 1.30. The van der Waals surface area contributed by atoms with Crippen LogP contribution in [0.1, 0.15) is 6.42 Å². The number of ether oxygens (including phenoxy) is 1. The second-order valence-corrected chi connectivity index (χ2v) is 4.07. The molecule has 2 rings (SSSR count). The molecule has 0 saturated carbocycles. The van der Waals surface area contributed by atoms with E-state index in [-0.39, 0.29) is 0 Å². The first kappa shape index (κ1) is 7.99. The summed E-state index contributed by atoms with van der Waals surface area (Å²) in [5.74, 6) is 3.40. The molecule has 0 aromatic heterocycles. The van der Waals surface area contributed by atoms with E-state index < -0.39 is 0 Å². The average molecular weight is 180 g/mol. The smallest absolute Gasteiger partial charge is 0.119 e. The SMILES string of the molecule is c1ccc(OC2CCSC2)cc1. The zero-order valence-corrected chi connectivity index (χ0v) is 7.72. The van der Waals surface area contributed by atoms with Gasteiger partial charge in [-0.25, -0.2) is 0 Å². The standard InChI is InChI=1S/C10H12OS/c1-2-4-9(5-3-1)11-10-6-7-12-8-10/h1-5,10H,6-8H2. The Hall–Kier alpha value is -0.630. The summed E-state index contributed by atoms with van der Waals surface area (Å²) < 4.78 is 5.75. The average Bonchev–Trinajstić information content (AvgIpc) is 2.59. The fourth-order valence-corrected chi connectivity index (χ4v) is 2.39. The van der Waals surface area contributed by atoms with Crippen molar-refractivity contribution in [1.82, 2.24) is 0 Å². The third-order valence-electron chi connectivity index (χ3n) is 1.93. The van der Waals surface area contributed by atoms with Crippen LogP contribution in [0.3, 0.4) is 0 Å². The van der Waals surface area contributed by atoms with Crippen LogP contribution >= 0.6 is 11.8 Å². The van der Waals surface area contributed by atoms with Crippen molar-refractivity contribution in [1.29, 1.82) is 0 Å². The lowest BCUT2D eigenvalue weighted by Gasteiger charge is -2.11. The highest BCUT2D eigenvalue weighted by Crippen LogP contribution is 2.22. The Morgan fingerprint density at radius 2 is 2.08 bits per heavy atom. The molecule has 1 fully saturated rings. The molecule has 1 aromatic rings. The van der Waals surface area contributed by atoms with Gasteiger partial charge < -0.3 is 4.74 Å². The monoisotopic (exact) mass is 180 g/mol. The van der Waals surface area contributed by atoms with Crippen LogP contribution in [-0.2, 0) is 0 Å². The molecule has 1 nitrogen and oxygen atoms in total. The summed E-state index contributed by atoms with van der Waals surface area (Å²) in [7, 11) is 0. The van der Waals surface area contributed by atoms with E-state index in [2.05, 4.69) is 0 Å². The lowest BCUT2D eigenvalue weighted by molar-refractivity contribution is 0.229. The molecule has 0 radical (unpaired) electrons. The van der Waals surface area contributed by atoms with Gasteiger partial charge in [0, 0.05) is 5.75 Å². The van der Waals surface area contributed by atoms with Gasteiger partial charge in [-0.2, -0.15) is 11.8 Å². The lowest BCUT2D eigenvalue weighted by atomic mass is 10.3. The Morgan fingerprint density at radius 3 is 2.75 bits per heavy atom. The Morgan fingerprint density at radius 1 is 1.25 bits per heavy atom. The Bertz CT molecular complexity index is 229. The third-order valence-corrected chi connectivity index (χ3v) is 3.07. The summed E-state index contributed by atoms with van der Waals surface area (Å²) in [6.45, 7) is 0. The van der Waals surface area contributed by atoms with Crippen molar-refractivity contribution in [3.8, 4) is 5.75 Å². The van der Waals surface area contributed by atoms with E-state index in [1.54, 1.807) is 0 Å². The van der Waals surface area contributed by atoms with Gasteiger partial charge in [0.05, 0.1) is 0 Å². The molecule has 1 heterocycles. The van der Waals surface area contributed by atoms with Crippen LogP contribution in [0.4, 0.5) is 0 Å². The summed E-state index contributed by atoms with van der Waals surface area (Å²) in [6.07, 6.45) is 1.64. The van der Waals surface area contributed by atoms with E-state index in [1.807, 2.05) is 42.1 Å². The maximum atomic E-state index is 5.75. The van der Waals surface area contributed by atoms with Gasteiger partial charge in [0.15, 0.2) is 0 Å². The van der Waals surface area contributed by atoms with Crippen LogP contribution in [0.25, 0.3) is 0 Å². The molecule has 0 N–H and O–H groups in total. The topological polar surface area (TPSA) is 9.23 Å². The minimum Gasteiger partial charge on any atom is -0.490 e. The summed E-state index contributed by atoms with van der Waals surface area (Å²) in [5, 5.41) is 0. The van der Waals surface area contributed by atoms with E-state index in [9.17, 15) is 0 Å². The zero-order valence-electron chi connectivity index (χ0n) is 6.90. The maximum Gasteiger partial charge on any atom is 0.119 e. The fraction of sp³-hybridized carbons (Fsp3) is 0.400. The minimum atomic E-state index is 0.442. The van der Waals surface area contributed by atoms with Crippen molar-refractivity contribution in [3.05, 3.63) is 30.3 Å². The van der Waals surface area contributed by atoms with Crippen LogP contribution in [0.2, 0.25) is 0 Å². The zero-order chi connectivity index (χ0) is 8.23. The van der Waals surface area contributed by atoms with Crippen molar-refractivity contribution in [3.63, 3.8) is 0 Å². The quantitative estimate of drug-likeness (QED) is 0.691. The first-order chi connectivity index (χ1) is 5.95. The van der Waals surface area contributed by atoms with Gasteiger partial charge in [-0.3, -0.25) is 0 Å². The molecule has 1 aliphatic rings. The van der Waals surface area contributed by atoms with E-state index in [0.29, 0.717) is 6.10 Å². The molecule has 0 aliphatic carbocycles. The molecule has 1 aromatic carbocycles. The Kier molecular flexibility index (Phi) is 2.57. The van der Waals surface area contributed by atoms with Gasteiger partial charge in [-0.15, -0.1) is 0 Å². The molecule has 0 spiro atoms. The van der Waals surface area contributed by atoms with Gasteiger partial charge in [0.1, 0.15) is 11.9 Å². The summed E-state index contributed by atoms with van der Waals surface area (Å²) in [6, 6.07) is 10.1. The van der Waals surface area contributed by atoms with Gasteiger partial charge in [0.25, 0.3) is 0 Å². The van der Waals surface area contributed by atoms with E-state index in [0.717, 1.165) is 11.5 Å². The number of para-hydroxylation sites is 1. The third kappa shape index (κ3) is 1.95. The van der Waals surface area contributed by atoms with Crippen molar-refractivity contribution in [2.75, 3.05) is 11.5 Å². The normalized spacial score (nSPS) is 22.5. The van der Waals surface area contributed by atoms with E-state index in [4.69, 9.17) is 4.74 Å². The molecular weight excluding hydrogens is 168 g/mol. The molecule has 0 bridgehead atoms. The highest BCUT2D eigenvalue weighted by Gasteiger charge is 2.16. The lowest BCUT2D eigenvalue weighted by Crippen LogP contribution is -2.14. The molecule has 0 amide bonds. The molecule has 1 aliphatic heterocycles. The number of hydrogen-bond donors (Lipinski definition) is 0. The van der Waals surface area contributed by atoms with E-state index in [1.165, 1.54) is 12.2 Å². The minimum absolute atomic E-state index is 0.442. The number of thioether (sulfide) groups is 1. The van der Waals surface area contributed by atoms with Crippen molar-refractivity contribution in [2.45, 2.75) is 12.5 Å². The molecule has 64 valence electrons. The van der Waals surface area contributed by atoms with Crippen molar-refractivity contribution in [2.24, 2.45) is 0 Å². The van der Waals surface area contributed by atoms with Gasteiger partial charge in [-0.05, 0) is 24.3 Å². The second-order valence-electron chi connectivity index (χ2n) is 2.92. The number of benzene rings is 1. The Balaban J connectivity index is 1.94. The van der Waals surface area contributed by atoms with Crippen LogP contribution in [0, 0.1) is 0 Å². The summed E-state index contributed by atoms with van der Waals surface area (Å²) in [5.41, 5.74) is 0. The van der Waals surface area contributed by atoms with Crippen molar-refractivity contribution < 1.29 is 4.74 Å². The van der Waals surface area contributed by atoms with E-state index >= 15 is 0 Å². The first-order valence-electron chi connectivity index (χ1n) is 4.24. The van der Waals surface area contributed by atoms with Crippen molar-refractivity contribution >= 4 is 11.8 Å². The summed E-state index contributed by atoms with van der Waals surface area (Å²) >= 11 is 1.98. The highest BCUT2D eigenvalue weighted by atomic mass is 32.2. The number of hydrogen-bond acceptors (Lipinski definition) is 2. The highest BCUT2D eigenvalue weighted by molar-refractivity contribution is 7.99. The first-order valence-corrected chi connectivity index (χ1v) is 5.40. The van der Waals surface area contributed by atoms with Crippen LogP contribution in [-0.4, -0.2) is 17.6 Å². The summed E-state index contributed by atoms with van der Waals surface area (Å²) in [4.78, 5) is 0. The van der Waals surface area contributed by atoms with Gasteiger partial charge in [-0.1, -0.05) is 18.2 Å². The van der Waals surface area contributed by atoms with Gasteiger partial charge in [0.2, 0.25) is 0 Å². The molecule has 1 unspecified atom stereocenters. The van der Waals surface area contributed by atoms with Gasteiger partial charge >= 0.3 is 0 Å². The largest absolute Gasteiger partial charge is 0.490 e. The predicted molar refractivity (Wildman–Crippen MR) is 52.8 cm³/mol. The second kappa shape index (κ2) is 3.85. The molecule has 2 heteroatoms. The molecule has 1 saturated heterocycles. The van der Waals surface area contributed by atoms with Crippen LogP contribution < -0.4 is 4.74 Å². The number of rotatable bonds is 2.